The molecule has 1 N–H and O–H groups in total. The lowest BCUT2D eigenvalue weighted by Crippen LogP contribution is -2.38. The lowest BCUT2D eigenvalue weighted by Gasteiger charge is -2.38. The van der Waals surface area contributed by atoms with E-state index in [1.54, 1.807) is 23.7 Å². The van der Waals surface area contributed by atoms with Gasteiger partial charge in [-0.1, -0.05) is 18.2 Å². The van der Waals surface area contributed by atoms with Crippen LogP contribution in [0, 0.1) is 5.82 Å². The number of carbonyl (C=O) groups excluding carboxylic acids is 1. The van der Waals surface area contributed by atoms with E-state index in [4.69, 9.17) is 4.74 Å². The minimum absolute atomic E-state index is 0.233. The number of nitrogens with zero attached hydrogens (tertiary/aromatic N) is 2. The number of fused-ring (bicyclic) bond motifs is 1. The normalized spacial score (nSPS) is 18.9. The van der Waals surface area contributed by atoms with E-state index in [2.05, 4.69) is 10.4 Å². The van der Waals surface area contributed by atoms with Gasteiger partial charge in [0.1, 0.15) is 17.2 Å². The highest BCUT2D eigenvalue weighted by molar-refractivity contribution is 5.94. The van der Waals surface area contributed by atoms with Crippen molar-refractivity contribution in [3.05, 3.63) is 47.4 Å². The first-order valence-electron chi connectivity index (χ1n) is 7.70. The third kappa shape index (κ3) is 2.69. The fourth-order valence-corrected chi connectivity index (χ4v) is 3.05. The average Bonchev–Trinajstić information content (AvgIpc) is 2.92. The van der Waals surface area contributed by atoms with E-state index < -0.39 is 5.97 Å². The van der Waals surface area contributed by atoms with E-state index in [-0.39, 0.29) is 17.4 Å². The maximum atomic E-state index is 14.2. The Hall–Kier alpha value is -2.37. The summed E-state index contributed by atoms with van der Waals surface area (Å²) in [7, 11) is 0. The summed E-state index contributed by atoms with van der Waals surface area (Å²) in [6, 6.07) is 6.46. The van der Waals surface area contributed by atoms with Gasteiger partial charge in [0, 0.05) is 5.56 Å². The van der Waals surface area contributed by atoms with Crippen LogP contribution in [0.25, 0.3) is 0 Å². The van der Waals surface area contributed by atoms with Crippen molar-refractivity contribution in [1.29, 1.82) is 0 Å². The van der Waals surface area contributed by atoms with Crippen molar-refractivity contribution in [1.82, 2.24) is 9.78 Å². The Morgan fingerprint density at radius 1 is 1.48 bits per heavy atom. The van der Waals surface area contributed by atoms with Gasteiger partial charge < -0.3 is 10.1 Å². The van der Waals surface area contributed by atoms with E-state index >= 15 is 0 Å². The van der Waals surface area contributed by atoms with Crippen LogP contribution in [-0.2, 0) is 10.3 Å². The number of benzene rings is 1. The molecule has 3 rings (SSSR count). The molecule has 0 bridgehead atoms. The average molecular weight is 317 g/mol. The predicted molar refractivity (Wildman–Crippen MR) is 84.9 cm³/mol. The van der Waals surface area contributed by atoms with Gasteiger partial charge in [0.05, 0.1) is 24.4 Å². The van der Waals surface area contributed by atoms with Gasteiger partial charge >= 0.3 is 5.97 Å². The second kappa shape index (κ2) is 5.68. The first-order valence-corrected chi connectivity index (χ1v) is 7.70. The lowest BCUT2D eigenvalue weighted by atomic mass is 9.88. The summed E-state index contributed by atoms with van der Waals surface area (Å²) >= 11 is 0. The SMILES string of the molecule is CCOC(=O)c1cnn2c1NC(c1ccccc1F)CC2(C)C. The van der Waals surface area contributed by atoms with Gasteiger partial charge in [0.25, 0.3) is 0 Å². The molecule has 23 heavy (non-hydrogen) atoms. The summed E-state index contributed by atoms with van der Waals surface area (Å²) in [5, 5.41) is 7.58. The Balaban J connectivity index is 2.02. The molecule has 122 valence electrons. The summed E-state index contributed by atoms with van der Waals surface area (Å²) in [4.78, 5) is 12.1. The van der Waals surface area contributed by atoms with Crippen molar-refractivity contribution in [2.24, 2.45) is 0 Å². The molecule has 1 aliphatic rings. The third-order valence-corrected chi connectivity index (χ3v) is 4.13. The van der Waals surface area contributed by atoms with Crippen LogP contribution in [0.3, 0.4) is 0 Å². The predicted octanol–water partition coefficient (Wildman–Crippen LogP) is 3.49. The summed E-state index contributed by atoms with van der Waals surface area (Å²) in [6.45, 7) is 6.09. The molecule has 6 heteroatoms. The van der Waals surface area contributed by atoms with Crippen molar-refractivity contribution >= 4 is 11.8 Å². The molecule has 1 atom stereocenters. The smallest absolute Gasteiger partial charge is 0.343 e. The molecule has 0 amide bonds. The van der Waals surface area contributed by atoms with Crippen LogP contribution < -0.4 is 5.32 Å². The number of esters is 1. The first-order chi connectivity index (χ1) is 10.9. The molecule has 0 spiro atoms. The Morgan fingerprint density at radius 3 is 2.91 bits per heavy atom. The van der Waals surface area contributed by atoms with Crippen molar-refractivity contribution < 1.29 is 13.9 Å². The zero-order valence-corrected chi connectivity index (χ0v) is 13.5. The van der Waals surface area contributed by atoms with Crippen LogP contribution in [0.5, 0.6) is 0 Å². The fraction of sp³-hybridized carbons (Fsp3) is 0.412. The molecule has 1 aromatic heterocycles. The molecule has 1 aromatic carbocycles. The number of hydrogen-bond acceptors (Lipinski definition) is 4. The number of aromatic nitrogens is 2. The highest BCUT2D eigenvalue weighted by atomic mass is 19.1. The number of carbonyl (C=O) groups is 1. The molecule has 5 nitrogen and oxygen atoms in total. The molecule has 0 fully saturated rings. The van der Waals surface area contributed by atoms with Gasteiger partial charge in [-0.3, -0.25) is 0 Å². The minimum atomic E-state index is -0.425. The number of hydrogen-bond donors (Lipinski definition) is 1. The maximum Gasteiger partial charge on any atom is 0.343 e. The Labute approximate surface area is 134 Å². The monoisotopic (exact) mass is 317 g/mol. The van der Waals surface area contributed by atoms with Crippen molar-refractivity contribution in [3.8, 4) is 0 Å². The minimum Gasteiger partial charge on any atom is -0.462 e. The highest BCUT2D eigenvalue weighted by Gasteiger charge is 2.37. The number of nitrogens with one attached hydrogen (secondary N) is 1. The van der Waals surface area contributed by atoms with Crippen LogP contribution >= 0.6 is 0 Å². The quantitative estimate of drug-likeness (QED) is 0.881. The maximum absolute atomic E-state index is 14.2. The zero-order chi connectivity index (χ0) is 16.6. The van der Waals surface area contributed by atoms with Crippen molar-refractivity contribution in [3.63, 3.8) is 0 Å². The Bertz CT molecular complexity index is 739. The Morgan fingerprint density at radius 2 is 2.22 bits per heavy atom. The van der Waals surface area contributed by atoms with Gasteiger partial charge in [-0.25, -0.2) is 13.9 Å². The second-order valence-corrected chi connectivity index (χ2v) is 6.27. The third-order valence-electron chi connectivity index (χ3n) is 4.13. The van der Waals surface area contributed by atoms with Crippen LogP contribution in [0.4, 0.5) is 10.2 Å². The van der Waals surface area contributed by atoms with Crippen LogP contribution in [0.15, 0.2) is 30.5 Å². The second-order valence-electron chi connectivity index (χ2n) is 6.27. The molecule has 1 aliphatic heterocycles. The molecule has 0 saturated carbocycles. The number of ether oxygens (including phenoxy) is 1. The van der Waals surface area contributed by atoms with Gasteiger partial charge in [-0.15, -0.1) is 0 Å². The van der Waals surface area contributed by atoms with Gasteiger partial charge in [-0.2, -0.15) is 5.10 Å². The molecule has 1 unspecified atom stereocenters. The van der Waals surface area contributed by atoms with Crippen molar-refractivity contribution in [2.45, 2.75) is 38.8 Å². The van der Waals surface area contributed by atoms with Crippen LogP contribution in [-0.4, -0.2) is 22.4 Å². The van der Waals surface area contributed by atoms with Crippen LogP contribution in [0.1, 0.15) is 49.2 Å². The largest absolute Gasteiger partial charge is 0.462 e. The molecule has 0 aliphatic carbocycles. The molecule has 0 saturated heterocycles. The molecule has 2 aromatic rings. The fourth-order valence-electron chi connectivity index (χ4n) is 3.05. The standard InChI is InChI=1S/C17H20FN3O2/c1-4-23-16(22)12-10-19-21-15(12)20-14(9-17(21,2)3)11-7-5-6-8-13(11)18/h5-8,10,14,20H,4,9H2,1-3H3. The summed E-state index contributed by atoms with van der Waals surface area (Å²) in [6.07, 6.45) is 2.16. The van der Waals surface area contributed by atoms with Gasteiger partial charge in [0.2, 0.25) is 0 Å². The summed E-state index contributed by atoms with van der Waals surface area (Å²) < 4.78 is 21.0. The van der Waals surface area contributed by atoms with E-state index in [0.717, 1.165) is 0 Å². The van der Waals surface area contributed by atoms with E-state index in [9.17, 15) is 9.18 Å². The first kappa shape index (κ1) is 15.5. The zero-order valence-electron chi connectivity index (χ0n) is 13.5. The highest BCUT2D eigenvalue weighted by Crippen LogP contribution is 2.40. The number of anilines is 1. The van der Waals surface area contributed by atoms with Gasteiger partial charge in [-0.05, 0) is 33.3 Å². The molecular formula is C17H20FN3O2. The van der Waals surface area contributed by atoms with E-state index in [0.29, 0.717) is 30.0 Å². The topological polar surface area (TPSA) is 56.1 Å². The summed E-state index contributed by atoms with van der Waals surface area (Å²) in [5.41, 5.74) is 0.613. The van der Waals surface area contributed by atoms with E-state index in [1.807, 2.05) is 19.9 Å². The lowest BCUT2D eigenvalue weighted by molar-refractivity contribution is 0.0527. The number of halogens is 1. The van der Waals surface area contributed by atoms with Crippen molar-refractivity contribution in [2.75, 3.05) is 11.9 Å². The van der Waals surface area contributed by atoms with Crippen LogP contribution in [0.2, 0.25) is 0 Å². The number of rotatable bonds is 3. The van der Waals surface area contributed by atoms with E-state index in [1.165, 1.54) is 12.3 Å². The Kier molecular flexibility index (Phi) is 3.83. The molecule has 2 heterocycles. The summed E-state index contributed by atoms with van der Waals surface area (Å²) in [5.74, 6) is -0.106. The molecule has 0 radical (unpaired) electrons. The molecular weight excluding hydrogens is 297 g/mol. The van der Waals surface area contributed by atoms with Gasteiger partial charge in [0.15, 0.2) is 0 Å².